The molecule has 0 aliphatic rings. The number of halogens is 3. The van der Waals surface area contributed by atoms with Crippen molar-refractivity contribution < 1.29 is 32.2 Å². The molecule has 0 atom stereocenters. The van der Waals surface area contributed by atoms with Crippen LogP contribution in [0.15, 0.2) is 24.3 Å². The molecule has 0 saturated carbocycles. The van der Waals surface area contributed by atoms with Crippen molar-refractivity contribution in [2.45, 2.75) is 0 Å². The summed E-state index contributed by atoms with van der Waals surface area (Å²) in [5, 5.41) is 2.16. The molecule has 24 heavy (non-hydrogen) atoms. The van der Waals surface area contributed by atoms with Gasteiger partial charge in [0, 0.05) is 12.1 Å². The molecule has 128 valence electrons. The van der Waals surface area contributed by atoms with Crippen molar-refractivity contribution in [3.63, 3.8) is 0 Å². The summed E-state index contributed by atoms with van der Waals surface area (Å²) in [5.74, 6) is -4.78. The number of benzene rings is 2. The number of carbonyl (C=O) groups is 1. The fourth-order valence-corrected chi connectivity index (χ4v) is 2.04. The van der Waals surface area contributed by atoms with E-state index in [1.54, 1.807) is 0 Å². The van der Waals surface area contributed by atoms with Gasteiger partial charge in [-0.3, -0.25) is 4.79 Å². The fraction of sp³-hybridized carbons (Fsp3) is 0.188. The number of nitrogens with one attached hydrogen (secondary N) is 1. The monoisotopic (exact) mass is 341 g/mol. The minimum absolute atomic E-state index is 0.0510. The van der Waals surface area contributed by atoms with Crippen LogP contribution in [0.4, 0.5) is 18.9 Å². The summed E-state index contributed by atoms with van der Waals surface area (Å²) in [4.78, 5) is 12.4. The van der Waals surface area contributed by atoms with Crippen LogP contribution in [-0.4, -0.2) is 27.2 Å². The SMILES string of the molecule is COc1cc(OC)c(C(=O)Nc2ccc(F)c(F)c2F)c(OC)c1. The molecular weight excluding hydrogens is 327 g/mol. The number of ether oxygens (including phenoxy) is 3. The summed E-state index contributed by atoms with van der Waals surface area (Å²) in [6.07, 6.45) is 0. The van der Waals surface area contributed by atoms with Crippen LogP contribution in [-0.2, 0) is 0 Å². The molecule has 1 amide bonds. The van der Waals surface area contributed by atoms with Gasteiger partial charge in [-0.2, -0.15) is 0 Å². The Labute approximate surface area is 135 Å². The van der Waals surface area contributed by atoms with Crippen molar-refractivity contribution >= 4 is 11.6 Å². The van der Waals surface area contributed by atoms with Crippen LogP contribution in [0.1, 0.15) is 10.4 Å². The van der Waals surface area contributed by atoms with Gasteiger partial charge in [0.15, 0.2) is 17.5 Å². The predicted octanol–water partition coefficient (Wildman–Crippen LogP) is 3.38. The van der Waals surface area contributed by atoms with Gasteiger partial charge in [-0.1, -0.05) is 0 Å². The smallest absolute Gasteiger partial charge is 0.263 e. The van der Waals surface area contributed by atoms with Gasteiger partial charge in [-0.25, -0.2) is 13.2 Å². The summed E-state index contributed by atoms with van der Waals surface area (Å²) >= 11 is 0. The highest BCUT2D eigenvalue weighted by atomic mass is 19.2. The maximum atomic E-state index is 13.7. The molecule has 0 aromatic heterocycles. The summed E-state index contributed by atoms with van der Waals surface area (Å²) in [6, 6.07) is 4.47. The Kier molecular flexibility index (Phi) is 5.18. The first kappa shape index (κ1) is 17.5. The van der Waals surface area contributed by atoms with Gasteiger partial charge in [0.05, 0.1) is 27.0 Å². The first-order valence-corrected chi connectivity index (χ1v) is 6.67. The van der Waals surface area contributed by atoms with Crippen molar-refractivity contribution in [3.8, 4) is 17.2 Å². The zero-order chi connectivity index (χ0) is 17.9. The van der Waals surface area contributed by atoms with E-state index in [9.17, 15) is 18.0 Å². The number of amides is 1. The lowest BCUT2D eigenvalue weighted by Gasteiger charge is -2.15. The molecule has 0 radical (unpaired) electrons. The van der Waals surface area contributed by atoms with E-state index >= 15 is 0 Å². The van der Waals surface area contributed by atoms with Crippen LogP contribution >= 0.6 is 0 Å². The Bertz CT molecular complexity index is 755. The van der Waals surface area contributed by atoms with Crippen molar-refractivity contribution in [3.05, 3.63) is 47.3 Å². The van der Waals surface area contributed by atoms with Crippen LogP contribution in [0.25, 0.3) is 0 Å². The number of rotatable bonds is 5. The van der Waals surface area contributed by atoms with Crippen molar-refractivity contribution in [1.82, 2.24) is 0 Å². The zero-order valence-electron chi connectivity index (χ0n) is 13.1. The molecule has 0 fully saturated rings. The summed E-state index contributed by atoms with van der Waals surface area (Å²) in [5.41, 5.74) is -0.566. The maximum absolute atomic E-state index is 13.7. The highest BCUT2D eigenvalue weighted by Gasteiger charge is 2.22. The molecule has 5 nitrogen and oxygen atoms in total. The molecule has 2 aromatic rings. The number of hydrogen-bond acceptors (Lipinski definition) is 4. The number of carbonyl (C=O) groups excluding carboxylic acids is 1. The van der Waals surface area contributed by atoms with Crippen molar-refractivity contribution in [2.75, 3.05) is 26.6 Å². The number of methoxy groups -OCH3 is 3. The van der Waals surface area contributed by atoms with Gasteiger partial charge in [-0.05, 0) is 12.1 Å². The molecule has 0 bridgehead atoms. The molecule has 0 heterocycles. The van der Waals surface area contributed by atoms with Gasteiger partial charge in [0.2, 0.25) is 0 Å². The lowest BCUT2D eigenvalue weighted by molar-refractivity contribution is 0.102. The predicted molar refractivity (Wildman–Crippen MR) is 80.4 cm³/mol. The molecule has 0 spiro atoms. The van der Waals surface area contributed by atoms with E-state index in [4.69, 9.17) is 14.2 Å². The van der Waals surface area contributed by atoms with Gasteiger partial charge in [-0.15, -0.1) is 0 Å². The van der Waals surface area contributed by atoms with Crippen LogP contribution in [0.3, 0.4) is 0 Å². The molecule has 2 rings (SSSR count). The average Bonchev–Trinajstić information content (AvgIpc) is 2.60. The van der Waals surface area contributed by atoms with E-state index in [-0.39, 0.29) is 17.1 Å². The highest BCUT2D eigenvalue weighted by molar-refractivity contribution is 6.08. The van der Waals surface area contributed by atoms with Gasteiger partial charge < -0.3 is 19.5 Å². The maximum Gasteiger partial charge on any atom is 0.263 e. The molecule has 8 heteroatoms. The second-order valence-electron chi connectivity index (χ2n) is 4.58. The highest BCUT2D eigenvalue weighted by Crippen LogP contribution is 2.34. The van der Waals surface area contributed by atoms with E-state index in [0.717, 1.165) is 6.07 Å². The third-order valence-corrected chi connectivity index (χ3v) is 3.23. The Morgan fingerprint density at radius 2 is 1.50 bits per heavy atom. The Morgan fingerprint density at radius 3 is 2.00 bits per heavy atom. The second-order valence-corrected chi connectivity index (χ2v) is 4.58. The van der Waals surface area contributed by atoms with Crippen LogP contribution in [0, 0.1) is 17.5 Å². The lowest BCUT2D eigenvalue weighted by Crippen LogP contribution is -2.16. The normalized spacial score (nSPS) is 10.2. The van der Waals surface area contributed by atoms with E-state index in [1.807, 2.05) is 0 Å². The molecule has 1 N–H and O–H groups in total. The quantitative estimate of drug-likeness (QED) is 0.847. The summed E-state index contributed by atoms with van der Waals surface area (Å²) in [6.45, 7) is 0. The average molecular weight is 341 g/mol. The molecule has 0 aliphatic heterocycles. The minimum atomic E-state index is -1.68. The van der Waals surface area contributed by atoms with E-state index in [2.05, 4.69) is 5.32 Å². The molecular formula is C16H14F3NO4. The van der Waals surface area contributed by atoms with Gasteiger partial charge >= 0.3 is 0 Å². The Balaban J connectivity index is 2.45. The summed E-state index contributed by atoms with van der Waals surface area (Å²) in [7, 11) is 4.07. The minimum Gasteiger partial charge on any atom is -0.496 e. The zero-order valence-corrected chi connectivity index (χ0v) is 13.1. The fourth-order valence-electron chi connectivity index (χ4n) is 2.04. The second kappa shape index (κ2) is 7.12. The van der Waals surface area contributed by atoms with E-state index < -0.39 is 29.0 Å². The van der Waals surface area contributed by atoms with E-state index in [1.165, 1.54) is 33.5 Å². The van der Waals surface area contributed by atoms with Crippen molar-refractivity contribution in [1.29, 1.82) is 0 Å². The largest absolute Gasteiger partial charge is 0.496 e. The molecule has 2 aromatic carbocycles. The summed E-state index contributed by atoms with van der Waals surface area (Å²) < 4.78 is 55.2. The van der Waals surface area contributed by atoms with Gasteiger partial charge in [0.1, 0.15) is 22.8 Å². The first-order chi connectivity index (χ1) is 11.4. The third-order valence-electron chi connectivity index (χ3n) is 3.23. The topological polar surface area (TPSA) is 56.8 Å². The Hall–Kier alpha value is -2.90. The molecule has 0 aliphatic carbocycles. The van der Waals surface area contributed by atoms with Crippen LogP contribution < -0.4 is 19.5 Å². The van der Waals surface area contributed by atoms with Crippen LogP contribution in [0.5, 0.6) is 17.2 Å². The van der Waals surface area contributed by atoms with Gasteiger partial charge in [0.25, 0.3) is 5.91 Å². The molecule has 0 saturated heterocycles. The standard InChI is InChI=1S/C16H14F3NO4/c1-22-8-6-11(23-2)13(12(7-8)24-3)16(21)20-10-5-4-9(17)14(18)15(10)19/h4-7H,1-3H3,(H,20,21). The van der Waals surface area contributed by atoms with E-state index in [0.29, 0.717) is 11.8 Å². The third kappa shape index (κ3) is 3.22. The Morgan fingerprint density at radius 1 is 0.917 bits per heavy atom. The number of anilines is 1. The van der Waals surface area contributed by atoms with Crippen molar-refractivity contribution in [2.24, 2.45) is 0 Å². The molecule has 0 unspecified atom stereocenters. The van der Waals surface area contributed by atoms with Crippen LogP contribution in [0.2, 0.25) is 0 Å². The first-order valence-electron chi connectivity index (χ1n) is 6.67. The number of hydrogen-bond donors (Lipinski definition) is 1. The lowest BCUT2D eigenvalue weighted by atomic mass is 10.1.